The molecule has 2 amide bonds. The maximum absolute atomic E-state index is 12.4. The number of hydrogen-bond donors (Lipinski definition) is 1. The Bertz CT molecular complexity index is 778. The van der Waals surface area contributed by atoms with Gasteiger partial charge in [-0.3, -0.25) is 19.3 Å². The second-order valence-electron chi connectivity index (χ2n) is 4.79. The molecule has 1 aromatic heterocycles. The molecule has 2 aromatic rings. The minimum absolute atomic E-state index is 0.207. The summed E-state index contributed by atoms with van der Waals surface area (Å²) in [5.41, 5.74) is 0.625. The molecule has 5 nitrogen and oxygen atoms in total. The van der Waals surface area contributed by atoms with E-state index in [1.54, 1.807) is 31.2 Å². The third-order valence-electron chi connectivity index (χ3n) is 3.57. The molecule has 21 heavy (non-hydrogen) atoms. The lowest BCUT2D eigenvalue weighted by Gasteiger charge is -2.22. The highest BCUT2D eigenvalue weighted by Crippen LogP contribution is 2.29. The van der Waals surface area contributed by atoms with Crippen LogP contribution >= 0.6 is 11.6 Å². The summed E-state index contributed by atoms with van der Waals surface area (Å²) in [7, 11) is 0. The minimum Gasteiger partial charge on any atom is -0.313 e. The standard InChI is InChI=1S/C15H11ClN2O3/c1-8(9-6-7-12(16)17-13(9)19)18-14(20)10-4-2-3-5-11(10)15(18)21/h2-8H,1H3,(H,17,19)/t8-/m0/s1. The van der Waals surface area contributed by atoms with E-state index in [-0.39, 0.29) is 5.15 Å². The van der Waals surface area contributed by atoms with Gasteiger partial charge in [-0.1, -0.05) is 23.7 Å². The zero-order chi connectivity index (χ0) is 15.1. The lowest BCUT2D eigenvalue weighted by molar-refractivity contribution is 0.0594. The first-order valence-electron chi connectivity index (χ1n) is 6.36. The summed E-state index contributed by atoms with van der Waals surface area (Å²) in [5.74, 6) is -0.782. The number of carbonyl (C=O) groups excluding carboxylic acids is 2. The molecule has 0 saturated carbocycles. The molecule has 2 heterocycles. The molecule has 0 radical (unpaired) electrons. The summed E-state index contributed by atoms with van der Waals surface area (Å²) in [4.78, 5) is 40.2. The van der Waals surface area contributed by atoms with E-state index < -0.39 is 23.4 Å². The molecule has 0 saturated heterocycles. The normalized spacial score (nSPS) is 15.2. The second-order valence-corrected chi connectivity index (χ2v) is 5.20. The maximum Gasteiger partial charge on any atom is 0.262 e. The number of aromatic amines is 1. The molecule has 0 spiro atoms. The highest BCUT2D eigenvalue weighted by molar-refractivity contribution is 6.29. The maximum atomic E-state index is 12.4. The van der Waals surface area contributed by atoms with Crippen LogP contribution < -0.4 is 5.56 Å². The number of hydrogen-bond acceptors (Lipinski definition) is 3. The molecule has 1 atom stereocenters. The van der Waals surface area contributed by atoms with E-state index in [1.165, 1.54) is 12.1 Å². The van der Waals surface area contributed by atoms with Crippen LogP contribution in [-0.2, 0) is 0 Å². The third-order valence-corrected chi connectivity index (χ3v) is 3.79. The van der Waals surface area contributed by atoms with Crippen molar-refractivity contribution in [1.29, 1.82) is 0 Å². The van der Waals surface area contributed by atoms with Crippen molar-refractivity contribution in [1.82, 2.24) is 9.88 Å². The predicted octanol–water partition coefficient (Wildman–Crippen LogP) is 2.39. The number of benzene rings is 1. The molecule has 3 rings (SSSR count). The van der Waals surface area contributed by atoms with Gasteiger partial charge in [0.25, 0.3) is 17.4 Å². The van der Waals surface area contributed by atoms with E-state index in [0.717, 1.165) is 4.90 Å². The first kappa shape index (κ1) is 13.6. The van der Waals surface area contributed by atoms with E-state index in [1.807, 2.05) is 0 Å². The highest BCUT2D eigenvalue weighted by Gasteiger charge is 2.39. The van der Waals surface area contributed by atoms with Crippen LogP contribution in [0.1, 0.15) is 39.2 Å². The van der Waals surface area contributed by atoms with Gasteiger partial charge in [-0.2, -0.15) is 0 Å². The Morgan fingerprint density at radius 1 is 1.00 bits per heavy atom. The van der Waals surface area contributed by atoms with Crippen LogP contribution in [0.25, 0.3) is 0 Å². The zero-order valence-corrected chi connectivity index (χ0v) is 11.8. The number of amides is 2. The smallest absolute Gasteiger partial charge is 0.262 e. The monoisotopic (exact) mass is 302 g/mol. The first-order chi connectivity index (χ1) is 10.0. The summed E-state index contributed by atoms with van der Waals surface area (Å²) in [6, 6.07) is 8.99. The molecular formula is C15H11ClN2O3. The van der Waals surface area contributed by atoms with Gasteiger partial charge in [0.1, 0.15) is 5.15 Å². The molecule has 0 fully saturated rings. The van der Waals surface area contributed by atoms with Gasteiger partial charge in [0, 0.05) is 5.56 Å². The number of aromatic nitrogens is 1. The van der Waals surface area contributed by atoms with Gasteiger partial charge in [-0.25, -0.2) is 0 Å². The molecule has 0 aliphatic carbocycles. The Kier molecular flexibility index (Phi) is 3.14. The third kappa shape index (κ3) is 2.06. The van der Waals surface area contributed by atoms with Gasteiger partial charge >= 0.3 is 0 Å². The number of fused-ring (bicyclic) bond motifs is 1. The van der Waals surface area contributed by atoms with Crippen LogP contribution in [0.5, 0.6) is 0 Å². The first-order valence-corrected chi connectivity index (χ1v) is 6.74. The number of H-pyrrole nitrogens is 1. The average Bonchev–Trinajstić information content (AvgIpc) is 2.71. The van der Waals surface area contributed by atoms with Crippen molar-refractivity contribution in [2.45, 2.75) is 13.0 Å². The quantitative estimate of drug-likeness (QED) is 0.684. The van der Waals surface area contributed by atoms with Gasteiger partial charge in [-0.05, 0) is 31.2 Å². The Hall–Kier alpha value is -2.40. The van der Waals surface area contributed by atoms with Gasteiger partial charge in [0.15, 0.2) is 0 Å². The van der Waals surface area contributed by atoms with Crippen LogP contribution in [0.3, 0.4) is 0 Å². The van der Waals surface area contributed by atoms with Crippen LogP contribution in [0.2, 0.25) is 5.15 Å². The Morgan fingerprint density at radius 3 is 2.10 bits per heavy atom. The van der Waals surface area contributed by atoms with E-state index in [9.17, 15) is 14.4 Å². The fourth-order valence-electron chi connectivity index (χ4n) is 2.49. The van der Waals surface area contributed by atoms with Crippen LogP contribution in [0.15, 0.2) is 41.2 Å². The number of nitrogens with one attached hydrogen (secondary N) is 1. The predicted molar refractivity (Wildman–Crippen MR) is 77.4 cm³/mol. The lowest BCUT2D eigenvalue weighted by Crippen LogP contribution is -2.35. The molecule has 1 aromatic carbocycles. The molecule has 6 heteroatoms. The van der Waals surface area contributed by atoms with E-state index in [4.69, 9.17) is 11.6 Å². The number of imide groups is 1. The molecule has 1 aliphatic heterocycles. The lowest BCUT2D eigenvalue weighted by atomic mass is 10.1. The molecule has 1 aliphatic rings. The topological polar surface area (TPSA) is 70.2 Å². The van der Waals surface area contributed by atoms with Crippen molar-refractivity contribution in [2.75, 3.05) is 0 Å². The summed E-state index contributed by atoms with van der Waals surface area (Å²) >= 11 is 5.71. The van der Waals surface area contributed by atoms with Gasteiger partial charge < -0.3 is 4.98 Å². The molecular weight excluding hydrogens is 292 g/mol. The summed E-state index contributed by atoms with van der Waals surface area (Å²) in [5, 5.41) is 0.207. The van der Waals surface area contributed by atoms with Gasteiger partial charge in [0.2, 0.25) is 0 Å². The van der Waals surface area contributed by atoms with Crippen molar-refractivity contribution >= 4 is 23.4 Å². The average molecular weight is 303 g/mol. The molecule has 106 valence electrons. The van der Waals surface area contributed by atoms with Gasteiger partial charge in [0.05, 0.1) is 17.2 Å². The van der Waals surface area contributed by atoms with Gasteiger partial charge in [-0.15, -0.1) is 0 Å². The summed E-state index contributed by atoms with van der Waals surface area (Å²) in [6.07, 6.45) is 0. The molecule has 0 bridgehead atoms. The van der Waals surface area contributed by atoms with E-state index in [2.05, 4.69) is 4.98 Å². The zero-order valence-electron chi connectivity index (χ0n) is 11.1. The fourth-order valence-corrected chi connectivity index (χ4v) is 2.64. The number of halogens is 1. The highest BCUT2D eigenvalue weighted by atomic mass is 35.5. The largest absolute Gasteiger partial charge is 0.313 e. The van der Waals surface area contributed by atoms with Crippen LogP contribution in [0.4, 0.5) is 0 Å². The van der Waals surface area contributed by atoms with E-state index in [0.29, 0.717) is 16.7 Å². The van der Waals surface area contributed by atoms with Crippen LogP contribution in [0, 0.1) is 0 Å². The van der Waals surface area contributed by atoms with Crippen LogP contribution in [-0.4, -0.2) is 21.7 Å². The minimum atomic E-state index is -0.668. The fraction of sp³-hybridized carbons (Fsp3) is 0.133. The summed E-state index contributed by atoms with van der Waals surface area (Å²) in [6.45, 7) is 1.64. The molecule has 0 unspecified atom stereocenters. The van der Waals surface area contributed by atoms with Crippen molar-refractivity contribution in [3.8, 4) is 0 Å². The number of carbonyl (C=O) groups is 2. The number of rotatable bonds is 2. The Labute approximate surface area is 125 Å². The summed E-state index contributed by atoms with van der Waals surface area (Å²) < 4.78 is 0. The number of pyridine rings is 1. The van der Waals surface area contributed by atoms with Crippen molar-refractivity contribution in [3.63, 3.8) is 0 Å². The second kappa shape index (κ2) is 4.86. The number of nitrogens with zero attached hydrogens (tertiary/aromatic N) is 1. The Morgan fingerprint density at radius 2 is 1.57 bits per heavy atom. The molecule has 1 N–H and O–H groups in total. The Balaban J connectivity index is 2.04. The SMILES string of the molecule is C[C@@H](c1ccc(Cl)[nH]c1=O)N1C(=O)c2ccccc2C1=O. The van der Waals surface area contributed by atoms with E-state index >= 15 is 0 Å². The van der Waals surface area contributed by atoms with Crippen molar-refractivity contribution < 1.29 is 9.59 Å². The van der Waals surface area contributed by atoms with Crippen molar-refractivity contribution in [2.24, 2.45) is 0 Å². The van der Waals surface area contributed by atoms with Crippen molar-refractivity contribution in [3.05, 3.63) is 68.6 Å².